The summed E-state index contributed by atoms with van der Waals surface area (Å²) in [4.78, 5) is 11.5. The summed E-state index contributed by atoms with van der Waals surface area (Å²) in [6.45, 7) is 5.32. The van der Waals surface area contributed by atoms with E-state index >= 15 is 0 Å². The minimum atomic E-state index is -3.86. The molecule has 6 N–H and O–H groups in total. The van der Waals surface area contributed by atoms with Crippen LogP contribution in [0.3, 0.4) is 0 Å². The van der Waals surface area contributed by atoms with Gasteiger partial charge in [-0.1, -0.05) is 0 Å². The van der Waals surface area contributed by atoms with Crippen LogP contribution < -0.4 is 21.5 Å². The lowest BCUT2D eigenvalue weighted by Gasteiger charge is -2.14. The quantitative estimate of drug-likeness (QED) is 0.576. The summed E-state index contributed by atoms with van der Waals surface area (Å²) in [6, 6.07) is 2.89. The number of sulfonamides is 1. The number of amides is 1. The molecule has 0 atom stereocenters. The molecule has 0 saturated carbocycles. The van der Waals surface area contributed by atoms with E-state index in [4.69, 9.17) is 10.9 Å². The minimum Gasteiger partial charge on any atom is -0.399 e. The van der Waals surface area contributed by atoms with E-state index in [1.165, 1.54) is 6.07 Å². The molecule has 0 aliphatic rings. The van der Waals surface area contributed by atoms with Gasteiger partial charge in [-0.25, -0.2) is 13.6 Å². The zero-order valence-electron chi connectivity index (χ0n) is 11.7. The number of hydrogen-bond acceptors (Lipinski definition) is 5. The lowest BCUT2D eigenvalue weighted by molar-refractivity contribution is -0.119. The van der Waals surface area contributed by atoms with Crippen molar-refractivity contribution in [2.45, 2.75) is 31.7 Å². The number of carbonyl (C=O) groups is 1. The second kappa shape index (κ2) is 6.10. The molecule has 0 spiro atoms. The monoisotopic (exact) mass is 300 g/mol. The second-order valence-electron chi connectivity index (χ2n) is 4.81. The van der Waals surface area contributed by atoms with Gasteiger partial charge in [-0.2, -0.15) is 0 Å². The molecule has 20 heavy (non-hydrogen) atoms. The van der Waals surface area contributed by atoms with Crippen molar-refractivity contribution in [3.05, 3.63) is 17.7 Å². The summed E-state index contributed by atoms with van der Waals surface area (Å²) in [5, 5.41) is 10.7. The van der Waals surface area contributed by atoms with Crippen LogP contribution in [-0.4, -0.2) is 26.9 Å². The molecule has 0 fully saturated rings. The standard InChI is InChI=1S/C12H20N4O3S/c1-7(2)16-12(17)6-15-10-4-9(13)5-11(8(10)3)20(14,18)19/h4-5,7,15H,6,13H2,1-3H3,(H,16,17)(H2,14,18,19). The summed E-state index contributed by atoms with van der Waals surface area (Å²) in [5.74, 6) is -0.195. The second-order valence-corrected chi connectivity index (χ2v) is 6.34. The summed E-state index contributed by atoms with van der Waals surface area (Å²) >= 11 is 0. The maximum Gasteiger partial charge on any atom is 0.239 e. The van der Waals surface area contributed by atoms with Crippen LogP contribution in [-0.2, 0) is 14.8 Å². The van der Waals surface area contributed by atoms with E-state index in [2.05, 4.69) is 10.6 Å². The summed E-state index contributed by atoms with van der Waals surface area (Å²) in [7, 11) is -3.86. The summed E-state index contributed by atoms with van der Waals surface area (Å²) in [6.07, 6.45) is 0. The van der Waals surface area contributed by atoms with E-state index < -0.39 is 10.0 Å². The zero-order valence-corrected chi connectivity index (χ0v) is 12.5. The van der Waals surface area contributed by atoms with Crippen molar-refractivity contribution in [1.82, 2.24) is 5.32 Å². The summed E-state index contributed by atoms with van der Waals surface area (Å²) < 4.78 is 22.9. The number of hydrogen-bond donors (Lipinski definition) is 4. The van der Waals surface area contributed by atoms with Gasteiger partial charge in [-0.3, -0.25) is 4.79 Å². The molecule has 1 rings (SSSR count). The Kier molecular flexibility index (Phi) is 4.96. The van der Waals surface area contributed by atoms with Gasteiger partial charge in [0.2, 0.25) is 15.9 Å². The maximum absolute atomic E-state index is 11.6. The molecule has 0 unspecified atom stereocenters. The maximum atomic E-state index is 11.6. The highest BCUT2D eigenvalue weighted by Crippen LogP contribution is 2.25. The molecule has 1 aromatic carbocycles. The first-order chi connectivity index (χ1) is 9.11. The number of nitrogens with two attached hydrogens (primary N) is 2. The third-order valence-electron chi connectivity index (χ3n) is 2.58. The number of primary sulfonamides is 1. The van der Waals surface area contributed by atoms with Gasteiger partial charge in [0.1, 0.15) is 0 Å². The fourth-order valence-electron chi connectivity index (χ4n) is 1.74. The Balaban J connectivity index is 2.97. The smallest absolute Gasteiger partial charge is 0.239 e. The molecule has 1 amide bonds. The van der Waals surface area contributed by atoms with Crippen molar-refractivity contribution >= 4 is 27.3 Å². The van der Waals surface area contributed by atoms with Crippen LogP contribution in [0.25, 0.3) is 0 Å². The Morgan fingerprint density at radius 3 is 2.45 bits per heavy atom. The SMILES string of the molecule is Cc1c(NCC(=O)NC(C)C)cc(N)cc1S(N)(=O)=O. The Bertz CT molecular complexity index is 611. The van der Waals surface area contributed by atoms with Gasteiger partial charge in [0.15, 0.2) is 0 Å². The van der Waals surface area contributed by atoms with Crippen molar-refractivity contribution in [3.8, 4) is 0 Å². The average Bonchev–Trinajstić information content (AvgIpc) is 2.27. The molecule has 7 nitrogen and oxygen atoms in total. The molecular formula is C12H20N4O3S. The predicted molar refractivity (Wildman–Crippen MR) is 78.7 cm³/mol. The number of nitrogens with one attached hydrogen (secondary N) is 2. The molecule has 0 aliphatic heterocycles. The Morgan fingerprint density at radius 2 is 1.95 bits per heavy atom. The first-order valence-corrected chi connectivity index (χ1v) is 7.62. The van der Waals surface area contributed by atoms with Gasteiger partial charge in [0.25, 0.3) is 0 Å². The normalized spacial score (nSPS) is 11.4. The van der Waals surface area contributed by atoms with Gasteiger partial charge in [0, 0.05) is 17.4 Å². The molecule has 0 bridgehead atoms. The predicted octanol–water partition coefficient (Wildman–Crippen LogP) is 0.161. The third-order valence-corrected chi connectivity index (χ3v) is 3.62. The van der Waals surface area contributed by atoms with Crippen molar-refractivity contribution in [2.24, 2.45) is 5.14 Å². The van der Waals surface area contributed by atoms with E-state index in [9.17, 15) is 13.2 Å². The zero-order chi connectivity index (χ0) is 15.5. The molecule has 0 aromatic heterocycles. The van der Waals surface area contributed by atoms with Crippen LogP contribution in [0.15, 0.2) is 17.0 Å². The van der Waals surface area contributed by atoms with E-state index in [-0.39, 0.29) is 29.1 Å². The Labute approximate surface area is 118 Å². The minimum absolute atomic E-state index is 0.0204. The lowest BCUT2D eigenvalue weighted by atomic mass is 10.2. The Morgan fingerprint density at radius 1 is 1.35 bits per heavy atom. The molecule has 112 valence electrons. The number of rotatable bonds is 5. The van der Waals surface area contributed by atoms with E-state index in [0.29, 0.717) is 11.3 Å². The van der Waals surface area contributed by atoms with Gasteiger partial charge in [-0.05, 0) is 38.5 Å². The number of carbonyl (C=O) groups excluding carboxylic acids is 1. The van der Waals surface area contributed by atoms with Crippen LogP contribution in [0.5, 0.6) is 0 Å². The molecule has 0 aliphatic carbocycles. The molecule has 0 heterocycles. The average molecular weight is 300 g/mol. The fourth-order valence-corrected chi connectivity index (χ4v) is 2.57. The number of nitrogen functional groups attached to an aromatic ring is 1. The summed E-state index contributed by atoms with van der Waals surface area (Å²) in [5.41, 5.74) is 6.80. The number of benzene rings is 1. The van der Waals surface area contributed by atoms with Crippen molar-refractivity contribution < 1.29 is 13.2 Å². The van der Waals surface area contributed by atoms with Crippen LogP contribution in [0.1, 0.15) is 19.4 Å². The molecular weight excluding hydrogens is 280 g/mol. The third kappa shape index (κ3) is 4.39. The topological polar surface area (TPSA) is 127 Å². The van der Waals surface area contributed by atoms with Crippen LogP contribution in [0.2, 0.25) is 0 Å². The van der Waals surface area contributed by atoms with Crippen molar-refractivity contribution in [3.63, 3.8) is 0 Å². The first-order valence-electron chi connectivity index (χ1n) is 6.07. The molecule has 8 heteroatoms. The van der Waals surface area contributed by atoms with Crippen molar-refractivity contribution in [1.29, 1.82) is 0 Å². The van der Waals surface area contributed by atoms with Crippen molar-refractivity contribution in [2.75, 3.05) is 17.6 Å². The largest absolute Gasteiger partial charge is 0.399 e. The van der Waals surface area contributed by atoms with Crippen LogP contribution >= 0.6 is 0 Å². The lowest BCUT2D eigenvalue weighted by Crippen LogP contribution is -2.35. The van der Waals surface area contributed by atoms with E-state index in [1.54, 1.807) is 13.0 Å². The highest BCUT2D eigenvalue weighted by molar-refractivity contribution is 7.89. The first kappa shape index (κ1) is 16.3. The molecule has 0 saturated heterocycles. The van der Waals surface area contributed by atoms with E-state index in [0.717, 1.165) is 0 Å². The molecule has 1 aromatic rings. The molecule has 0 radical (unpaired) electrons. The highest BCUT2D eigenvalue weighted by Gasteiger charge is 2.16. The van der Waals surface area contributed by atoms with Gasteiger partial charge in [0.05, 0.1) is 11.4 Å². The van der Waals surface area contributed by atoms with Gasteiger partial charge in [-0.15, -0.1) is 0 Å². The van der Waals surface area contributed by atoms with Gasteiger partial charge < -0.3 is 16.4 Å². The van der Waals surface area contributed by atoms with E-state index in [1.807, 2.05) is 13.8 Å². The number of anilines is 2. The van der Waals surface area contributed by atoms with Crippen LogP contribution in [0, 0.1) is 6.92 Å². The highest BCUT2D eigenvalue weighted by atomic mass is 32.2. The van der Waals surface area contributed by atoms with Gasteiger partial charge >= 0.3 is 0 Å². The van der Waals surface area contributed by atoms with Crippen LogP contribution in [0.4, 0.5) is 11.4 Å². The Hall–Kier alpha value is -1.80. The fraction of sp³-hybridized carbons (Fsp3) is 0.417.